The lowest BCUT2D eigenvalue weighted by Gasteiger charge is -2.12. The molecule has 0 saturated carbocycles. The maximum Gasteiger partial charge on any atom is 0.131 e. The van der Waals surface area contributed by atoms with E-state index in [1.165, 1.54) is 6.07 Å². The number of hydrogen-bond donors (Lipinski definition) is 0. The molecule has 0 radical (unpaired) electrons. The van der Waals surface area contributed by atoms with Gasteiger partial charge in [0.05, 0.1) is 6.10 Å². The Hall–Kier alpha value is -1.57. The second-order valence-electron chi connectivity index (χ2n) is 3.76. The number of ether oxygens (including phenoxy) is 1. The van der Waals surface area contributed by atoms with Gasteiger partial charge >= 0.3 is 0 Å². The summed E-state index contributed by atoms with van der Waals surface area (Å²) in [5, 5.41) is 1.43. The van der Waals surface area contributed by atoms with E-state index in [0.29, 0.717) is 5.39 Å². The average molecular weight is 204 g/mol. The number of hydrogen-bond acceptors (Lipinski definition) is 1. The van der Waals surface area contributed by atoms with E-state index in [-0.39, 0.29) is 11.9 Å². The second-order valence-corrected chi connectivity index (χ2v) is 3.76. The van der Waals surface area contributed by atoms with Crippen molar-refractivity contribution in [1.29, 1.82) is 0 Å². The summed E-state index contributed by atoms with van der Waals surface area (Å²) in [7, 11) is 0. The molecule has 2 rings (SSSR count). The van der Waals surface area contributed by atoms with Gasteiger partial charge < -0.3 is 4.74 Å². The summed E-state index contributed by atoms with van der Waals surface area (Å²) in [6.07, 6.45) is 0.0962. The fraction of sp³-hybridized carbons (Fsp3) is 0.231. The highest BCUT2D eigenvalue weighted by Gasteiger charge is 2.06. The summed E-state index contributed by atoms with van der Waals surface area (Å²) in [5.74, 6) is 0.531. The zero-order chi connectivity index (χ0) is 10.8. The van der Waals surface area contributed by atoms with Crippen LogP contribution in [0.5, 0.6) is 5.75 Å². The highest BCUT2D eigenvalue weighted by molar-refractivity contribution is 5.88. The van der Waals surface area contributed by atoms with Crippen LogP contribution in [0.25, 0.3) is 10.8 Å². The molecular weight excluding hydrogens is 191 g/mol. The van der Waals surface area contributed by atoms with Crippen molar-refractivity contribution < 1.29 is 9.13 Å². The molecule has 0 fully saturated rings. The van der Waals surface area contributed by atoms with Gasteiger partial charge in [0, 0.05) is 10.8 Å². The largest absolute Gasteiger partial charge is 0.490 e. The molecule has 0 unspecified atom stereocenters. The van der Waals surface area contributed by atoms with Gasteiger partial charge in [-0.05, 0) is 26.0 Å². The van der Waals surface area contributed by atoms with Crippen LogP contribution in [-0.2, 0) is 0 Å². The zero-order valence-electron chi connectivity index (χ0n) is 8.83. The van der Waals surface area contributed by atoms with Crippen LogP contribution in [-0.4, -0.2) is 6.10 Å². The fourth-order valence-corrected chi connectivity index (χ4v) is 1.59. The Kier molecular flexibility index (Phi) is 2.58. The van der Waals surface area contributed by atoms with Crippen molar-refractivity contribution in [1.82, 2.24) is 0 Å². The molecule has 2 aromatic carbocycles. The Balaban J connectivity index is 2.61. The van der Waals surface area contributed by atoms with Crippen LogP contribution in [0.15, 0.2) is 36.4 Å². The summed E-state index contributed by atoms with van der Waals surface area (Å²) in [5.41, 5.74) is 0. The predicted octanol–water partition coefficient (Wildman–Crippen LogP) is 3.77. The monoisotopic (exact) mass is 204 g/mol. The van der Waals surface area contributed by atoms with Gasteiger partial charge in [-0.2, -0.15) is 0 Å². The Bertz CT molecular complexity index is 477. The van der Waals surface area contributed by atoms with Gasteiger partial charge in [0.25, 0.3) is 0 Å². The lowest BCUT2D eigenvalue weighted by atomic mass is 10.1. The molecule has 15 heavy (non-hydrogen) atoms. The van der Waals surface area contributed by atoms with E-state index in [2.05, 4.69) is 0 Å². The van der Waals surface area contributed by atoms with Crippen molar-refractivity contribution in [2.45, 2.75) is 20.0 Å². The molecule has 2 heteroatoms. The van der Waals surface area contributed by atoms with Crippen LogP contribution >= 0.6 is 0 Å². The molecule has 0 heterocycles. The molecule has 0 aliphatic carbocycles. The van der Waals surface area contributed by atoms with Crippen molar-refractivity contribution in [2.75, 3.05) is 0 Å². The van der Waals surface area contributed by atoms with Crippen LogP contribution in [0.1, 0.15) is 13.8 Å². The number of halogens is 1. The van der Waals surface area contributed by atoms with E-state index in [0.717, 1.165) is 11.1 Å². The third-order valence-corrected chi connectivity index (χ3v) is 2.19. The Morgan fingerprint density at radius 1 is 1.00 bits per heavy atom. The number of fused-ring (bicyclic) bond motifs is 1. The van der Waals surface area contributed by atoms with Crippen molar-refractivity contribution in [3.8, 4) is 5.75 Å². The molecule has 0 spiro atoms. The Morgan fingerprint density at radius 2 is 1.67 bits per heavy atom. The van der Waals surface area contributed by atoms with E-state index < -0.39 is 0 Å². The van der Waals surface area contributed by atoms with Gasteiger partial charge in [0.2, 0.25) is 0 Å². The number of rotatable bonds is 2. The van der Waals surface area contributed by atoms with Gasteiger partial charge in [-0.15, -0.1) is 0 Å². The fourth-order valence-electron chi connectivity index (χ4n) is 1.59. The third-order valence-electron chi connectivity index (χ3n) is 2.19. The van der Waals surface area contributed by atoms with E-state index in [4.69, 9.17) is 4.74 Å². The number of benzene rings is 2. The standard InChI is InChI=1S/C13H13FO/c1-9(2)15-13-8-7-12(14)10-5-3-4-6-11(10)13/h3-9H,1-2H3. The molecule has 0 aliphatic rings. The summed E-state index contributed by atoms with van der Waals surface area (Å²) >= 11 is 0. The van der Waals surface area contributed by atoms with Gasteiger partial charge in [-0.3, -0.25) is 0 Å². The minimum absolute atomic E-state index is 0.0962. The SMILES string of the molecule is CC(C)Oc1ccc(F)c2ccccc12. The summed E-state index contributed by atoms with van der Waals surface area (Å²) in [6.45, 7) is 3.91. The van der Waals surface area contributed by atoms with E-state index in [1.807, 2.05) is 32.0 Å². The minimum atomic E-state index is -0.207. The lowest BCUT2D eigenvalue weighted by Crippen LogP contribution is -2.05. The third kappa shape index (κ3) is 1.94. The summed E-state index contributed by atoms with van der Waals surface area (Å²) < 4.78 is 19.1. The maximum absolute atomic E-state index is 13.4. The summed E-state index contributed by atoms with van der Waals surface area (Å²) in [6, 6.07) is 10.5. The first-order chi connectivity index (χ1) is 7.18. The molecule has 0 atom stereocenters. The molecule has 0 aromatic heterocycles. The van der Waals surface area contributed by atoms with Gasteiger partial charge in [0.1, 0.15) is 11.6 Å². The van der Waals surface area contributed by atoms with E-state index in [1.54, 1.807) is 12.1 Å². The van der Waals surface area contributed by atoms with Crippen molar-refractivity contribution in [3.05, 3.63) is 42.2 Å². The summed E-state index contributed by atoms with van der Waals surface area (Å²) in [4.78, 5) is 0. The first-order valence-electron chi connectivity index (χ1n) is 5.02. The predicted molar refractivity (Wildman–Crippen MR) is 59.7 cm³/mol. The molecule has 2 aromatic rings. The van der Waals surface area contributed by atoms with Gasteiger partial charge in [-0.1, -0.05) is 24.3 Å². The first kappa shape index (κ1) is 9.97. The van der Waals surface area contributed by atoms with Gasteiger partial charge in [-0.25, -0.2) is 4.39 Å². The molecule has 0 bridgehead atoms. The zero-order valence-corrected chi connectivity index (χ0v) is 8.83. The van der Waals surface area contributed by atoms with Crippen LogP contribution in [0.4, 0.5) is 4.39 Å². The van der Waals surface area contributed by atoms with Gasteiger partial charge in [0.15, 0.2) is 0 Å². The Labute approximate surface area is 88.5 Å². The van der Waals surface area contributed by atoms with Crippen molar-refractivity contribution >= 4 is 10.8 Å². The van der Waals surface area contributed by atoms with Crippen LogP contribution < -0.4 is 4.74 Å². The molecule has 0 aliphatic heterocycles. The van der Waals surface area contributed by atoms with Crippen molar-refractivity contribution in [2.24, 2.45) is 0 Å². The van der Waals surface area contributed by atoms with Crippen LogP contribution in [0, 0.1) is 5.82 Å². The topological polar surface area (TPSA) is 9.23 Å². The average Bonchev–Trinajstić information content (AvgIpc) is 2.22. The van der Waals surface area contributed by atoms with Crippen LogP contribution in [0.3, 0.4) is 0 Å². The van der Waals surface area contributed by atoms with Crippen molar-refractivity contribution in [3.63, 3.8) is 0 Å². The molecule has 0 saturated heterocycles. The molecule has 1 nitrogen and oxygen atoms in total. The highest BCUT2D eigenvalue weighted by atomic mass is 19.1. The van der Waals surface area contributed by atoms with E-state index >= 15 is 0 Å². The smallest absolute Gasteiger partial charge is 0.131 e. The molecule has 78 valence electrons. The second kappa shape index (κ2) is 3.89. The molecule has 0 N–H and O–H groups in total. The quantitative estimate of drug-likeness (QED) is 0.723. The molecular formula is C13H13FO. The Morgan fingerprint density at radius 3 is 2.33 bits per heavy atom. The normalized spacial score (nSPS) is 10.9. The minimum Gasteiger partial charge on any atom is -0.490 e. The maximum atomic E-state index is 13.4. The molecule has 0 amide bonds. The highest BCUT2D eigenvalue weighted by Crippen LogP contribution is 2.28. The van der Waals surface area contributed by atoms with Crippen LogP contribution in [0.2, 0.25) is 0 Å². The first-order valence-corrected chi connectivity index (χ1v) is 5.02. The van der Waals surface area contributed by atoms with E-state index in [9.17, 15) is 4.39 Å². The lowest BCUT2D eigenvalue weighted by molar-refractivity contribution is 0.245.